The van der Waals surface area contributed by atoms with Gasteiger partial charge >= 0.3 is 0 Å². The van der Waals surface area contributed by atoms with E-state index in [1.807, 2.05) is 12.1 Å². The summed E-state index contributed by atoms with van der Waals surface area (Å²) in [5, 5.41) is 1.10. The normalized spacial score (nSPS) is 15.7. The van der Waals surface area contributed by atoms with E-state index in [-0.39, 0.29) is 4.21 Å². The first-order valence-corrected chi connectivity index (χ1v) is 9.62. The first-order chi connectivity index (χ1) is 11.0. The van der Waals surface area contributed by atoms with Gasteiger partial charge in [-0.15, -0.1) is 11.3 Å². The number of H-pyrrole nitrogens is 1. The average Bonchev–Trinajstić information content (AvgIpc) is 3.13. The number of hydrogen-bond acceptors (Lipinski definition) is 5. The van der Waals surface area contributed by atoms with Crippen molar-refractivity contribution < 1.29 is 8.42 Å². The minimum Gasteiger partial charge on any atom is -0.357 e. The fourth-order valence-corrected chi connectivity index (χ4v) is 4.83. The van der Waals surface area contributed by atoms with Crippen molar-refractivity contribution in [3.63, 3.8) is 0 Å². The average molecular weight is 348 g/mol. The molecule has 1 aliphatic rings. The van der Waals surface area contributed by atoms with Crippen LogP contribution in [0.25, 0.3) is 10.9 Å². The second-order valence-corrected chi connectivity index (χ2v) is 8.55. The van der Waals surface area contributed by atoms with Crippen LogP contribution < -0.4 is 4.72 Å². The number of aromatic nitrogens is 2. The summed E-state index contributed by atoms with van der Waals surface area (Å²) < 4.78 is 27.5. The summed E-state index contributed by atoms with van der Waals surface area (Å²) in [6.45, 7) is 1.91. The first-order valence-electron chi connectivity index (χ1n) is 7.26. The fourth-order valence-electron chi connectivity index (χ4n) is 2.98. The Kier molecular flexibility index (Phi) is 3.40. The van der Waals surface area contributed by atoms with Gasteiger partial charge in [-0.3, -0.25) is 9.71 Å². The summed E-state index contributed by atoms with van der Waals surface area (Å²) in [7, 11) is -1.46. The third-order valence-corrected chi connectivity index (χ3v) is 6.74. The second-order valence-electron chi connectivity index (χ2n) is 5.76. The molecule has 0 saturated carbocycles. The highest BCUT2D eigenvalue weighted by Crippen LogP contribution is 2.30. The first kappa shape index (κ1) is 14.7. The lowest BCUT2D eigenvalue weighted by molar-refractivity contribution is 0.310. The molecule has 3 aromatic rings. The van der Waals surface area contributed by atoms with Crippen LogP contribution in [0.2, 0.25) is 0 Å². The molecule has 0 saturated heterocycles. The maximum atomic E-state index is 12.3. The van der Waals surface area contributed by atoms with Crippen molar-refractivity contribution in [2.45, 2.75) is 17.2 Å². The second kappa shape index (κ2) is 5.33. The van der Waals surface area contributed by atoms with E-state index in [1.165, 1.54) is 23.0 Å². The Morgan fingerprint density at radius 1 is 1.39 bits per heavy atom. The summed E-state index contributed by atoms with van der Waals surface area (Å²) in [4.78, 5) is 9.53. The molecular formula is C15H16N4O2S2. The lowest BCUT2D eigenvalue weighted by Crippen LogP contribution is -2.26. The van der Waals surface area contributed by atoms with Gasteiger partial charge in [0.25, 0.3) is 10.0 Å². The number of rotatable bonds is 3. The SMILES string of the molecule is CN1CCc2c([nH]c3ccc(NS(=O)(=O)c4cncs4)cc23)C1. The highest BCUT2D eigenvalue weighted by Gasteiger charge is 2.20. The molecule has 8 heteroatoms. The quantitative estimate of drug-likeness (QED) is 0.762. The number of anilines is 1. The van der Waals surface area contributed by atoms with Crippen molar-refractivity contribution in [1.29, 1.82) is 0 Å². The third kappa shape index (κ3) is 2.62. The monoisotopic (exact) mass is 348 g/mol. The summed E-state index contributed by atoms with van der Waals surface area (Å²) in [5.41, 5.74) is 5.64. The van der Waals surface area contributed by atoms with E-state index < -0.39 is 10.0 Å². The lowest BCUT2D eigenvalue weighted by atomic mass is 10.0. The molecule has 1 aliphatic heterocycles. The third-order valence-electron chi connectivity index (χ3n) is 4.09. The summed E-state index contributed by atoms with van der Waals surface area (Å²) in [6, 6.07) is 5.62. The Labute approximate surface area is 138 Å². The van der Waals surface area contributed by atoms with Gasteiger partial charge < -0.3 is 9.88 Å². The van der Waals surface area contributed by atoms with Crippen LogP contribution in [-0.4, -0.2) is 36.9 Å². The number of nitrogens with zero attached hydrogens (tertiary/aromatic N) is 2. The number of aromatic amines is 1. The van der Waals surface area contributed by atoms with Crippen LogP contribution in [-0.2, 0) is 23.0 Å². The van der Waals surface area contributed by atoms with Gasteiger partial charge in [-0.25, -0.2) is 8.42 Å². The lowest BCUT2D eigenvalue weighted by Gasteiger charge is -2.22. The number of benzene rings is 1. The van der Waals surface area contributed by atoms with Crippen LogP contribution in [0, 0.1) is 0 Å². The van der Waals surface area contributed by atoms with Crippen LogP contribution in [0.3, 0.4) is 0 Å². The number of nitrogens with one attached hydrogen (secondary N) is 2. The molecule has 0 radical (unpaired) electrons. The van der Waals surface area contributed by atoms with Gasteiger partial charge in [-0.1, -0.05) is 0 Å². The van der Waals surface area contributed by atoms with Crippen LogP contribution in [0.5, 0.6) is 0 Å². The molecule has 0 fully saturated rings. The van der Waals surface area contributed by atoms with E-state index in [1.54, 1.807) is 6.07 Å². The van der Waals surface area contributed by atoms with Crippen LogP contribution >= 0.6 is 11.3 Å². The molecule has 0 aliphatic carbocycles. The number of sulfonamides is 1. The molecule has 2 N–H and O–H groups in total. The van der Waals surface area contributed by atoms with Gasteiger partial charge in [0.05, 0.1) is 11.7 Å². The van der Waals surface area contributed by atoms with Crippen molar-refractivity contribution in [2.75, 3.05) is 18.3 Å². The van der Waals surface area contributed by atoms with E-state index in [0.717, 1.165) is 41.8 Å². The molecule has 4 rings (SSSR count). The molecule has 0 spiro atoms. The van der Waals surface area contributed by atoms with E-state index in [9.17, 15) is 8.42 Å². The topological polar surface area (TPSA) is 78.1 Å². The molecule has 0 amide bonds. The Bertz CT molecular complexity index is 961. The van der Waals surface area contributed by atoms with Gasteiger partial charge in [0.1, 0.15) is 0 Å². The highest BCUT2D eigenvalue weighted by molar-refractivity contribution is 7.94. The zero-order chi connectivity index (χ0) is 16.0. The number of likely N-dealkylation sites (N-methyl/N-ethyl adjacent to an activating group) is 1. The van der Waals surface area contributed by atoms with Crippen molar-refractivity contribution in [3.05, 3.63) is 41.2 Å². The van der Waals surface area contributed by atoms with E-state index in [0.29, 0.717) is 5.69 Å². The largest absolute Gasteiger partial charge is 0.357 e. The summed E-state index contributed by atoms with van der Waals surface area (Å²) >= 11 is 1.10. The molecule has 3 heterocycles. The van der Waals surface area contributed by atoms with E-state index in [2.05, 4.69) is 26.6 Å². The molecule has 23 heavy (non-hydrogen) atoms. The number of fused-ring (bicyclic) bond motifs is 3. The van der Waals surface area contributed by atoms with Crippen molar-refractivity contribution in [1.82, 2.24) is 14.9 Å². The Balaban J connectivity index is 1.72. The standard InChI is InChI=1S/C15H16N4O2S2/c1-19-5-4-11-12-6-10(2-3-13(12)17-14(11)8-19)18-23(20,21)15-7-16-9-22-15/h2-3,6-7,9,17-18H,4-5,8H2,1H3. The Morgan fingerprint density at radius 2 is 2.26 bits per heavy atom. The van der Waals surface area contributed by atoms with E-state index in [4.69, 9.17) is 0 Å². The molecule has 120 valence electrons. The molecular weight excluding hydrogens is 332 g/mol. The zero-order valence-electron chi connectivity index (χ0n) is 12.5. The number of thiazole rings is 1. The summed E-state index contributed by atoms with van der Waals surface area (Å²) in [6.07, 6.45) is 2.33. The van der Waals surface area contributed by atoms with Crippen molar-refractivity contribution in [3.8, 4) is 0 Å². The van der Waals surface area contributed by atoms with E-state index >= 15 is 0 Å². The molecule has 0 unspecified atom stereocenters. The summed E-state index contributed by atoms with van der Waals surface area (Å²) in [5.74, 6) is 0. The predicted molar refractivity (Wildman–Crippen MR) is 91.3 cm³/mol. The Hall–Kier alpha value is -1.90. The van der Waals surface area contributed by atoms with Crippen LogP contribution in [0.15, 0.2) is 34.1 Å². The maximum absolute atomic E-state index is 12.3. The minimum atomic E-state index is -3.56. The number of hydrogen-bond donors (Lipinski definition) is 2. The molecule has 0 atom stereocenters. The molecule has 2 aromatic heterocycles. The maximum Gasteiger partial charge on any atom is 0.273 e. The predicted octanol–water partition coefficient (Wildman–Crippen LogP) is 2.41. The van der Waals surface area contributed by atoms with Gasteiger partial charge in [0.2, 0.25) is 0 Å². The van der Waals surface area contributed by atoms with Gasteiger partial charge in [-0.2, -0.15) is 0 Å². The van der Waals surface area contributed by atoms with Gasteiger partial charge in [-0.05, 0) is 37.2 Å². The highest BCUT2D eigenvalue weighted by atomic mass is 32.2. The zero-order valence-corrected chi connectivity index (χ0v) is 14.2. The van der Waals surface area contributed by atoms with Gasteiger partial charge in [0.15, 0.2) is 4.21 Å². The Morgan fingerprint density at radius 3 is 3.04 bits per heavy atom. The molecule has 6 nitrogen and oxygen atoms in total. The van der Waals surface area contributed by atoms with Crippen molar-refractivity contribution >= 4 is 38.0 Å². The van der Waals surface area contributed by atoms with Crippen LogP contribution in [0.1, 0.15) is 11.3 Å². The fraction of sp³-hybridized carbons (Fsp3) is 0.267. The molecule has 1 aromatic carbocycles. The smallest absolute Gasteiger partial charge is 0.273 e. The minimum absolute atomic E-state index is 0.218. The van der Waals surface area contributed by atoms with Crippen LogP contribution in [0.4, 0.5) is 5.69 Å². The molecule has 0 bridgehead atoms. The van der Waals surface area contributed by atoms with Crippen molar-refractivity contribution in [2.24, 2.45) is 0 Å². The van der Waals surface area contributed by atoms with Gasteiger partial charge in [0, 0.05) is 35.4 Å².